The zero-order chi connectivity index (χ0) is 25.1. The van der Waals surface area contributed by atoms with Crippen LogP contribution >= 0.6 is 0 Å². The average molecular weight is 470 g/mol. The van der Waals surface area contributed by atoms with E-state index in [0.29, 0.717) is 12.8 Å². The third kappa shape index (κ3) is 8.85. The Labute approximate surface area is 192 Å². The molecule has 0 saturated carbocycles. The van der Waals surface area contributed by atoms with Crippen molar-refractivity contribution in [3.05, 3.63) is 23.8 Å². The lowest BCUT2D eigenvalue weighted by Gasteiger charge is -2.27. The van der Waals surface area contributed by atoms with Crippen molar-refractivity contribution >= 4 is 17.7 Å². The number of amides is 3. The minimum absolute atomic E-state index is 0.0785. The Morgan fingerprint density at radius 2 is 1.48 bits per heavy atom. The zero-order valence-corrected chi connectivity index (χ0v) is 18.9. The number of hydrogen-bond acceptors (Lipinski definition) is 9. The van der Waals surface area contributed by atoms with Crippen molar-refractivity contribution in [2.45, 2.75) is 51.0 Å². The number of carbonyl (C=O) groups excluding carboxylic acids is 3. The summed E-state index contributed by atoms with van der Waals surface area (Å²) in [4.78, 5) is 38.0. The Hall–Kier alpha value is -2.93. The third-order valence-corrected chi connectivity index (χ3v) is 4.99. The van der Waals surface area contributed by atoms with E-state index in [9.17, 15) is 34.8 Å². The fraction of sp³-hybridized carbons (Fsp3) is 0.571. The summed E-state index contributed by atoms with van der Waals surface area (Å²) < 4.78 is 0. The van der Waals surface area contributed by atoms with Crippen molar-refractivity contribution in [2.24, 2.45) is 11.5 Å². The Kier molecular flexibility index (Phi) is 11.6. The molecule has 1 rings (SSSR count). The highest BCUT2D eigenvalue weighted by Crippen LogP contribution is 2.27. The van der Waals surface area contributed by atoms with Crippen LogP contribution in [0.25, 0.3) is 0 Å². The van der Waals surface area contributed by atoms with E-state index in [-0.39, 0.29) is 31.7 Å². The van der Waals surface area contributed by atoms with Crippen LogP contribution in [0.5, 0.6) is 11.5 Å². The first-order valence-electron chi connectivity index (χ1n) is 10.7. The van der Waals surface area contributed by atoms with Gasteiger partial charge in [-0.05, 0) is 38.8 Å². The maximum absolute atomic E-state index is 12.6. The quantitative estimate of drug-likeness (QED) is 0.118. The summed E-state index contributed by atoms with van der Waals surface area (Å²) in [6.07, 6.45) is -1.33. The maximum atomic E-state index is 12.6. The minimum atomic E-state index is -1.12. The van der Waals surface area contributed by atoms with E-state index in [2.05, 4.69) is 10.6 Å². The van der Waals surface area contributed by atoms with Crippen LogP contribution in [-0.2, 0) is 9.59 Å². The number of benzene rings is 1. The number of nitrogens with one attached hydrogen (secondary N) is 2. The number of phenols is 2. The number of phenolic OH excluding ortho intramolecular Hbond substituents is 2. The molecule has 4 atom stereocenters. The summed E-state index contributed by atoms with van der Waals surface area (Å²) in [6, 6.07) is 1.86. The van der Waals surface area contributed by atoms with Crippen LogP contribution < -0.4 is 22.1 Å². The summed E-state index contributed by atoms with van der Waals surface area (Å²) in [5.41, 5.74) is 11.2. The van der Waals surface area contributed by atoms with E-state index in [4.69, 9.17) is 11.5 Å². The molecule has 0 aliphatic carbocycles. The molecule has 0 fully saturated rings. The van der Waals surface area contributed by atoms with Gasteiger partial charge < -0.3 is 47.4 Å². The van der Waals surface area contributed by atoms with Gasteiger partial charge in [-0.1, -0.05) is 6.07 Å². The Morgan fingerprint density at radius 3 is 2.03 bits per heavy atom. The van der Waals surface area contributed by atoms with Crippen LogP contribution in [0.4, 0.5) is 0 Å². The molecule has 186 valence electrons. The van der Waals surface area contributed by atoms with E-state index < -0.39 is 53.5 Å². The fourth-order valence-electron chi connectivity index (χ4n) is 2.85. The molecule has 0 unspecified atom stereocenters. The van der Waals surface area contributed by atoms with Crippen LogP contribution in [0, 0.1) is 0 Å². The topological polar surface area (TPSA) is 211 Å². The van der Waals surface area contributed by atoms with Crippen LogP contribution in [0.2, 0.25) is 0 Å². The normalized spacial score (nSPS) is 14.6. The largest absolute Gasteiger partial charge is 0.504 e. The highest BCUT2D eigenvalue weighted by molar-refractivity contribution is 5.97. The number of para-hydroxylation sites is 1. The second-order valence-corrected chi connectivity index (χ2v) is 7.79. The molecule has 12 heteroatoms. The number of nitrogens with zero attached hydrogens (tertiary/aromatic N) is 1. The van der Waals surface area contributed by atoms with Gasteiger partial charge in [0.05, 0.1) is 17.8 Å². The fourth-order valence-corrected chi connectivity index (χ4v) is 2.85. The number of rotatable bonds is 13. The molecule has 0 heterocycles. The first-order valence-corrected chi connectivity index (χ1v) is 10.7. The van der Waals surface area contributed by atoms with Gasteiger partial charge in [0.1, 0.15) is 12.1 Å². The van der Waals surface area contributed by atoms with E-state index in [1.165, 1.54) is 36.9 Å². The monoisotopic (exact) mass is 469 g/mol. The predicted octanol–water partition coefficient (Wildman–Crippen LogP) is -2.03. The second-order valence-electron chi connectivity index (χ2n) is 7.79. The molecule has 3 amide bonds. The Balaban J connectivity index is 2.59. The summed E-state index contributed by atoms with van der Waals surface area (Å²) >= 11 is 0. The first-order chi connectivity index (χ1) is 15.5. The zero-order valence-electron chi connectivity index (χ0n) is 18.9. The Bertz CT molecular complexity index is 803. The van der Waals surface area contributed by atoms with E-state index >= 15 is 0 Å². The van der Waals surface area contributed by atoms with Crippen molar-refractivity contribution in [3.63, 3.8) is 0 Å². The van der Waals surface area contributed by atoms with E-state index in [1.807, 2.05) is 0 Å². The van der Waals surface area contributed by atoms with E-state index in [1.54, 1.807) is 0 Å². The van der Waals surface area contributed by atoms with Gasteiger partial charge in [0.2, 0.25) is 11.8 Å². The van der Waals surface area contributed by atoms with Gasteiger partial charge >= 0.3 is 0 Å². The average Bonchev–Trinajstić information content (AvgIpc) is 2.77. The number of aliphatic hydroxyl groups excluding tert-OH is 2. The first kappa shape index (κ1) is 28.1. The number of carbonyl (C=O) groups is 3. The number of aliphatic hydroxyl groups is 2. The molecule has 0 aliphatic heterocycles. The predicted molar refractivity (Wildman–Crippen MR) is 120 cm³/mol. The molecule has 0 aromatic heterocycles. The molecule has 0 bridgehead atoms. The molecule has 10 N–H and O–H groups in total. The highest BCUT2D eigenvalue weighted by atomic mass is 16.3. The number of nitrogens with two attached hydrogens (primary N) is 2. The molecular weight excluding hydrogens is 434 g/mol. The summed E-state index contributed by atoms with van der Waals surface area (Å²) in [7, 11) is 0. The van der Waals surface area contributed by atoms with Crippen molar-refractivity contribution in [3.8, 4) is 11.5 Å². The molecule has 0 radical (unpaired) electrons. The van der Waals surface area contributed by atoms with E-state index in [0.717, 1.165) is 0 Å². The molecule has 0 saturated heterocycles. The van der Waals surface area contributed by atoms with Gasteiger partial charge in [-0.15, -0.1) is 0 Å². The van der Waals surface area contributed by atoms with Gasteiger partial charge in [0.25, 0.3) is 5.91 Å². The van der Waals surface area contributed by atoms with Gasteiger partial charge in [-0.3, -0.25) is 14.4 Å². The summed E-state index contributed by atoms with van der Waals surface area (Å²) in [5, 5.41) is 43.4. The van der Waals surface area contributed by atoms with Gasteiger partial charge in [-0.25, -0.2) is 0 Å². The lowest BCUT2D eigenvalue weighted by atomic mass is 10.1. The molecule has 1 aromatic rings. The number of aromatic hydroxyl groups is 2. The molecule has 12 nitrogen and oxygen atoms in total. The second kappa shape index (κ2) is 13.6. The lowest BCUT2D eigenvalue weighted by Crippen LogP contribution is -2.51. The van der Waals surface area contributed by atoms with Gasteiger partial charge in [-0.2, -0.15) is 0 Å². The highest BCUT2D eigenvalue weighted by Gasteiger charge is 2.25. The smallest absolute Gasteiger partial charge is 0.255 e. The number of hydrogen-bond donors (Lipinski definition) is 8. The molecule has 0 spiro atoms. The van der Waals surface area contributed by atoms with Crippen molar-refractivity contribution in [1.82, 2.24) is 15.5 Å². The molecule has 0 aliphatic rings. The molecular formula is C21H35N5O7. The summed E-state index contributed by atoms with van der Waals surface area (Å²) in [5.74, 6) is -2.50. The minimum Gasteiger partial charge on any atom is -0.504 e. The summed E-state index contributed by atoms with van der Waals surface area (Å²) in [6.45, 7) is 3.63. The van der Waals surface area contributed by atoms with Crippen LogP contribution in [0.1, 0.15) is 37.0 Å². The van der Waals surface area contributed by atoms with Crippen LogP contribution in [0.15, 0.2) is 18.2 Å². The SMILES string of the molecule is C[C@H](O)[C@@H](N)C(=O)NCCCN(CCCNC(=O)c1cccc(O)c1O)C(=O)[C@H](N)[C@H](C)O. The van der Waals surface area contributed by atoms with Crippen molar-refractivity contribution < 1.29 is 34.8 Å². The molecule has 1 aromatic carbocycles. The van der Waals surface area contributed by atoms with Crippen molar-refractivity contribution in [2.75, 3.05) is 26.2 Å². The Morgan fingerprint density at radius 1 is 0.939 bits per heavy atom. The third-order valence-electron chi connectivity index (χ3n) is 4.99. The van der Waals surface area contributed by atoms with Crippen molar-refractivity contribution in [1.29, 1.82) is 0 Å². The van der Waals surface area contributed by atoms with Crippen LogP contribution in [-0.4, -0.2) is 93.5 Å². The standard InChI is InChI=1S/C21H35N5O7/c1-12(27)16(22)20(32)25-9-5-11-26(21(33)17(23)13(2)28)10-4-8-24-19(31)14-6-3-7-15(29)18(14)30/h3,6-7,12-13,16-17,27-30H,4-5,8-11,22-23H2,1-2H3,(H,24,31)(H,25,32)/t12-,13-,16+,17+/m0/s1. The van der Waals surface area contributed by atoms with Gasteiger partial charge in [0, 0.05) is 26.2 Å². The van der Waals surface area contributed by atoms with Crippen LogP contribution in [0.3, 0.4) is 0 Å². The lowest BCUT2D eigenvalue weighted by molar-refractivity contribution is -0.135. The molecule has 33 heavy (non-hydrogen) atoms. The maximum Gasteiger partial charge on any atom is 0.255 e. The van der Waals surface area contributed by atoms with Gasteiger partial charge in [0.15, 0.2) is 11.5 Å².